The third-order valence-corrected chi connectivity index (χ3v) is 11.6. The van der Waals surface area contributed by atoms with Crippen LogP contribution in [0.4, 0.5) is 0 Å². The highest BCUT2D eigenvalue weighted by atomic mass is 28.4. The van der Waals surface area contributed by atoms with Gasteiger partial charge in [0.1, 0.15) is 0 Å². The lowest BCUT2D eigenvalue weighted by molar-refractivity contribution is -0.251. The van der Waals surface area contributed by atoms with Gasteiger partial charge in [0.2, 0.25) is 0 Å². The van der Waals surface area contributed by atoms with E-state index in [2.05, 4.69) is 100 Å². The van der Waals surface area contributed by atoms with E-state index in [9.17, 15) is 0 Å². The van der Waals surface area contributed by atoms with Crippen molar-refractivity contribution in [3.8, 4) is 0 Å². The molecule has 1 aliphatic rings. The van der Waals surface area contributed by atoms with Crippen molar-refractivity contribution in [2.24, 2.45) is 0 Å². The molecule has 3 aromatic rings. The molecule has 1 heterocycles. The van der Waals surface area contributed by atoms with Crippen molar-refractivity contribution in [3.63, 3.8) is 0 Å². The molecule has 0 saturated carbocycles. The zero-order valence-electron chi connectivity index (χ0n) is 20.5. The van der Waals surface area contributed by atoms with Crippen molar-refractivity contribution in [1.82, 2.24) is 0 Å². The van der Waals surface area contributed by atoms with Crippen molar-refractivity contribution in [2.75, 3.05) is 6.61 Å². The van der Waals surface area contributed by atoms with Crippen molar-refractivity contribution < 1.29 is 13.9 Å². The summed E-state index contributed by atoms with van der Waals surface area (Å²) in [6, 6.07) is 31.7. The van der Waals surface area contributed by atoms with Gasteiger partial charge >= 0.3 is 0 Å². The first-order chi connectivity index (χ1) is 16.4. The van der Waals surface area contributed by atoms with E-state index >= 15 is 0 Å². The van der Waals surface area contributed by atoms with Crippen molar-refractivity contribution in [1.29, 1.82) is 0 Å². The summed E-state index contributed by atoms with van der Waals surface area (Å²) in [5.74, 6) is 0. The summed E-state index contributed by atoms with van der Waals surface area (Å²) in [7, 11) is -2.62. The molecule has 1 aliphatic heterocycles. The van der Waals surface area contributed by atoms with E-state index in [-0.39, 0.29) is 17.2 Å². The molecule has 3 nitrogen and oxygen atoms in total. The molecule has 0 aliphatic carbocycles. The topological polar surface area (TPSA) is 27.7 Å². The second-order valence-electron chi connectivity index (χ2n) is 9.99. The molecular weight excluding hydrogens is 436 g/mol. The Labute approximate surface area is 205 Å². The van der Waals surface area contributed by atoms with Gasteiger partial charge in [0.05, 0.1) is 18.8 Å². The van der Waals surface area contributed by atoms with Crippen molar-refractivity contribution in [2.45, 2.75) is 57.1 Å². The predicted octanol–water partition coefficient (Wildman–Crippen LogP) is 6.01. The number of benzene rings is 3. The summed E-state index contributed by atoms with van der Waals surface area (Å²) in [5, 5.41) is 2.49. The lowest BCUT2D eigenvalue weighted by atomic mass is 10.1. The van der Waals surface area contributed by atoms with Gasteiger partial charge in [-0.05, 0) is 21.8 Å². The van der Waals surface area contributed by atoms with Crippen LogP contribution in [-0.4, -0.2) is 27.1 Å². The Bertz CT molecular complexity index is 991. The fourth-order valence-corrected chi connectivity index (χ4v) is 9.57. The number of hydrogen-bond acceptors (Lipinski definition) is 3. The second kappa shape index (κ2) is 10.8. The van der Waals surface area contributed by atoms with Crippen LogP contribution in [0.2, 0.25) is 5.04 Å². The summed E-state index contributed by atoms with van der Waals surface area (Å²) < 4.78 is 19.9. The lowest BCUT2D eigenvalue weighted by Crippen LogP contribution is -2.67. The van der Waals surface area contributed by atoms with E-state index in [1.807, 2.05) is 24.3 Å². The minimum atomic E-state index is -2.62. The van der Waals surface area contributed by atoms with Crippen LogP contribution in [0.3, 0.4) is 0 Å². The average Bonchev–Trinajstić information content (AvgIpc) is 2.85. The highest BCUT2D eigenvalue weighted by Gasteiger charge is 2.50. The molecule has 34 heavy (non-hydrogen) atoms. The third-order valence-electron chi connectivity index (χ3n) is 6.56. The van der Waals surface area contributed by atoms with Crippen molar-refractivity contribution in [3.05, 3.63) is 109 Å². The molecule has 4 rings (SSSR count). The van der Waals surface area contributed by atoms with Crippen LogP contribution < -0.4 is 10.4 Å². The first-order valence-corrected chi connectivity index (χ1v) is 14.1. The molecule has 1 unspecified atom stereocenters. The molecule has 1 saturated heterocycles. The number of ether oxygens (including phenoxy) is 2. The molecule has 0 aromatic heterocycles. The summed E-state index contributed by atoms with van der Waals surface area (Å²) >= 11 is 0. The maximum absolute atomic E-state index is 7.15. The van der Waals surface area contributed by atoms with E-state index in [0.717, 1.165) is 18.4 Å². The highest BCUT2D eigenvalue weighted by Crippen LogP contribution is 2.38. The Hall–Kier alpha value is -2.50. The lowest BCUT2D eigenvalue weighted by Gasteiger charge is -2.44. The van der Waals surface area contributed by atoms with E-state index < -0.39 is 14.6 Å². The van der Waals surface area contributed by atoms with Crippen LogP contribution in [0.5, 0.6) is 0 Å². The Kier molecular flexibility index (Phi) is 7.84. The Morgan fingerprint density at radius 1 is 0.824 bits per heavy atom. The minimum Gasteiger partial charge on any atom is -0.405 e. The van der Waals surface area contributed by atoms with Gasteiger partial charge < -0.3 is 13.9 Å². The quantitative estimate of drug-likeness (QED) is 0.297. The minimum absolute atomic E-state index is 0.0595. The van der Waals surface area contributed by atoms with Gasteiger partial charge in [-0.2, -0.15) is 0 Å². The van der Waals surface area contributed by atoms with Crippen LogP contribution in [0.1, 0.15) is 45.5 Å². The third kappa shape index (κ3) is 5.26. The van der Waals surface area contributed by atoms with E-state index in [4.69, 9.17) is 13.9 Å². The van der Waals surface area contributed by atoms with Gasteiger partial charge in [0.25, 0.3) is 8.32 Å². The van der Waals surface area contributed by atoms with Gasteiger partial charge in [-0.3, -0.25) is 0 Å². The normalized spacial score (nSPS) is 21.2. The molecule has 0 bridgehead atoms. The predicted molar refractivity (Wildman–Crippen MR) is 142 cm³/mol. The van der Waals surface area contributed by atoms with E-state index in [1.54, 1.807) is 0 Å². The van der Waals surface area contributed by atoms with Gasteiger partial charge in [-0.25, -0.2) is 0 Å². The van der Waals surface area contributed by atoms with Crippen LogP contribution in [-0.2, 0) is 13.9 Å². The van der Waals surface area contributed by atoms with Crippen LogP contribution >= 0.6 is 0 Å². The maximum atomic E-state index is 7.15. The van der Waals surface area contributed by atoms with Crippen molar-refractivity contribution >= 4 is 18.7 Å². The molecule has 0 N–H and O–H groups in total. The average molecular weight is 473 g/mol. The van der Waals surface area contributed by atoms with Gasteiger partial charge in [0.15, 0.2) is 6.29 Å². The summed E-state index contributed by atoms with van der Waals surface area (Å²) in [4.78, 5) is 0. The standard InChI is InChI=1S/C30H36O3Si/c1-5-15-25-22-26(33-29(32-25)24-16-9-6-10-17-24)23-31-34(30(2,3)4,27-18-11-7-12-19-27)28-20-13-8-14-21-28/h5-14,16-21,25-26,29H,1,15,22-23H2,2-4H3/t25-,26+,29?/m1/s1. The molecule has 0 spiro atoms. The maximum Gasteiger partial charge on any atom is 0.261 e. The first-order valence-electron chi connectivity index (χ1n) is 12.2. The smallest absolute Gasteiger partial charge is 0.261 e. The Morgan fingerprint density at radius 2 is 1.32 bits per heavy atom. The molecular formula is C30H36O3Si. The molecule has 4 heteroatoms. The molecule has 178 valence electrons. The zero-order chi connectivity index (χ0) is 24.0. The zero-order valence-corrected chi connectivity index (χ0v) is 21.5. The fraction of sp³-hybridized carbons (Fsp3) is 0.333. The van der Waals surface area contributed by atoms with Gasteiger partial charge in [-0.1, -0.05) is 118 Å². The largest absolute Gasteiger partial charge is 0.405 e. The Balaban J connectivity index is 1.66. The fourth-order valence-electron chi connectivity index (χ4n) is 4.98. The van der Waals surface area contributed by atoms with Crippen LogP contribution in [0.25, 0.3) is 0 Å². The Morgan fingerprint density at radius 3 is 1.82 bits per heavy atom. The molecule has 0 radical (unpaired) electrons. The van der Waals surface area contributed by atoms with E-state index in [0.29, 0.717) is 6.61 Å². The van der Waals surface area contributed by atoms with Gasteiger partial charge in [-0.15, -0.1) is 6.58 Å². The molecule has 3 atom stereocenters. The SMILES string of the molecule is C=CC[C@@H]1C[C@@H](CO[Si](c2ccccc2)(c2ccccc2)C(C)(C)C)OC(c2ccccc2)O1. The summed E-state index contributed by atoms with van der Waals surface area (Å²) in [6.45, 7) is 11.4. The van der Waals surface area contributed by atoms with Gasteiger partial charge in [0, 0.05) is 12.0 Å². The highest BCUT2D eigenvalue weighted by molar-refractivity contribution is 6.99. The number of rotatable bonds is 8. The second-order valence-corrected chi connectivity index (χ2v) is 14.3. The number of hydrogen-bond donors (Lipinski definition) is 0. The summed E-state index contributed by atoms with van der Waals surface area (Å²) in [6.07, 6.45) is 3.11. The van der Waals surface area contributed by atoms with Crippen LogP contribution in [0, 0.1) is 0 Å². The van der Waals surface area contributed by atoms with Crippen LogP contribution in [0.15, 0.2) is 104 Å². The van der Waals surface area contributed by atoms with E-state index in [1.165, 1.54) is 10.4 Å². The summed E-state index contributed by atoms with van der Waals surface area (Å²) in [5.41, 5.74) is 1.03. The monoisotopic (exact) mass is 472 g/mol. The first kappa shape index (κ1) is 24.6. The molecule has 0 amide bonds. The molecule has 1 fully saturated rings. The molecule has 3 aromatic carbocycles.